The fraction of sp³-hybridized carbons (Fsp3) is 0.276. The summed E-state index contributed by atoms with van der Waals surface area (Å²) in [6.07, 6.45) is 1.49. The first-order chi connectivity index (χ1) is 19.0. The van der Waals surface area contributed by atoms with E-state index in [2.05, 4.69) is 4.98 Å². The Kier molecular flexibility index (Phi) is 7.95. The van der Waals surface area contributed by atoms with E-state index in [1.807, 2.05) is 41.0 Å². The number of imidazole rings is 1. The van der Waals surface area contributed by atoms with Crippen LogP contribution in [0.5, 0.6) is 0 Å². The second-order valence-corrected chi connectivity index (χ2v) is 11.4. The molecule has 0 aliphatic carbocycles. The van der Waals surface area contributed by atoms with Crippen molar-refractivity contribution >= 4 is 35.0 Å². The van der Waals surface area contributed by atoms with Gasteiger partial charge in [-0.1, -0.05) is 77.4 Å². The van der Waals surface area contributed by atoms with Gasteiger partial charge >= 0.3 is 0 Å². The predicted molar refractivity (Wildman–Crippen MR) is 148 cm³/mol. The lowest BCUT2D eigenvalue weighted by Crippen LogP contribution is -2.54. The van der Waals surface area contributed by atoms with Crippen LogP contribution in [0.4, 0.5) is 4.39 Å². The number of hydrogen-bond donors (Lipinski definition) is 1. The van der Waals surface area contributed by atoms with Crippen LogP contribution >= 0.6 is 35.0 Å². The van der Waals surface area contributed by atoms with Crippen molar-refractivity contribution in [2.45, 2.75) is 47.4 Å². The summed E-state index contributed by atoms with van der Waals surface area (Å²) in [5.41, 5.74) is 1.47. The van der Waals surface area contributed by atoms with Crippen LogP contribution in [0.1, 0.15) is 24.3 Å². The van der Waals surface area contributed by atoms with Gasteiger partial charge in [0.05, 0.1) is 40.8 Å². The molecule has 0 radical (unpaired) electrons. The fourth-order valence-electron chi connectivity index (χ4n) is 4.99. The van der Waals surface area contributed by atoms with Gasteiger partial charge in [0, 0.05) is 22.2 Å². The van der Waals surface area contributed by atoms with E-state index in [0.29, 0.717) is 34.3 Å². The second-order valence-electron chi connectivity index (χ2n) is 9.44. The van der Waals surface area contributed by atoms with Crippen molar-refractivity contribution in [1.29, 1.82) is 0 Å². The van der Waals surface area contributed by atoms with Crippen molar-refractivity contribution in [3.63, 3.8) is 0 Å². The summed E-state index contributed by atoms with van der Waals surface area (Å²) in [7, 11) is 0. The van der Waals surface area contributed by atoms with E-state index in [0.717, 1.165) is 10.5 Å². The van der Waals surface area contributed by atoms with Gasteiger partial charge in [0.15, 0.2) is 6.29 Å². The van der Waals surface area contributed by atoms with Crippen molar-refractivity contribution in [3.05, 3.63) is 107 Å². The first kappa shape index (κ1) is 26.8. The van der Waals surface area contributed by atoms with E-state index in [4.69, 9.17) is 37.4 Å². The monoisotopic (exact) mass is 586 g/mol. The Bertz CT molecular complexity index is 1440. The minimum Gasteiger partial charge on any atom is -0.387 e. The zero-order valence-corrected chi connectivity index (χ0v) is 22.9. The third-order valence-electron chi connectivity index (χ3n) is 6.87. The third kappa shape index (κ3) is 5.74. The van der Waals surface area contributed by atoms with Gasteiger partial charge in [-0.05, 0) is 36.8 Å². The molecule has 4 aromatic rings. The molecule has 3 aromatic carbocycles. The summed E-state index contributed by atoms with van der Waals surface area (Å²) in [4.78, 5) is 5.33. The number of thioether (sulfide) groups is 1. The summed E-state index contributed by atoms with van der Waals surface area (Å²) in [5, 5.41) is 12.6. The summed E-state index contributed by atoms with van der Waals surface area (Å²) < 4.78 is 34.8. The Balaban J connectivity index is 1.35. The number of benzene rings is 3. The number of rotatable bonds is 5. The number of halogens is 3. The van der Waals surface area contributed by atoms with Gasteiger partial charge in [-0.2, -0.15) is 0 Å². The van der Waals surface area contributed by atoms with E-state index >= 15 is 0 Å². The van der Waals surface area contributed by atoms with Crippen LogP contribution < -0.4 is 0 Å². The van der Waals surface area contributed by atoms with Crippen LogP contribution in [0.3, 0.4) is 0 Å². The highest BCUT2D eigenvalue weighted by Gasteiger charge is 2.49. The molecular weight excluding hydrogens is 562 g/mol. The first-order valence-corrected chi connectivity index (χ1v) is 14.2. The molecule has 202 valence electrons. The third-order valence-corrected chi connectivity index (χ3v) is 8.76. The Morgan fingerprint density at radius 1 is 0.974 bits per heavy atom. The smallest absolute Gasteiger partial charge is 0.184 e. The molecule has 0 bridgehead atoms. The molecule has 10 heteroatoms. The molecule has 2 aliphatic heterocycles. The fourth-order valence-corrected chi connectivity index (χ4v) is 6.45. The zero-order chi connectivity index (χ0) is 26.9. The van der Waals surface area contributed by atoms with Crippen LogP contribution in [0.15, 0.2) is 90.2 Å². The molecule has 1 unspecified atom stereocenters. The molecule has 2 aliphatic rings. The second kappa shape index (κ2) is 11.6. The van der Waals surface area contributed by atoms with Crippen LogP contribution in [0.25, 0.3) is 11.3 Å². The number of aliphatic hydroxyl groups is 1. The predicted octanol–water partition coefficient (Wildman–Crippen LogP) is 6.92. The van der Waals surface area contributed by atoms with Gasteiger partial charge in [-0.15, -0.1) is 0 Å². The van der Waals surface area contributed by atoms with Crippen LogP contribution in [-0.4, -0.2) is 45.0 Å². The highest BCUT2D eigenvalue weighted by Crippen LogP contribution is 2.44. The highest BCUT2D eigenvalue weighted by molar-refractivity contribution is 7.99. The topological polar surface area (TPSA) is 65.7 Å². The largest absolute Gasteiger partial charge is 0.387 e. The maximum absolute atomic E-state index is 13.9. The number of aliphatic hydroxyl groups excluding tert-OH is 1. The quantitative estimate of drug-likeness (QED) is 0.274. The standard InChI is InChI=1S/C29H25Cl2FN2O4S/c30-21-10-9-20(14-22(21)31)39-29-26(35)25(34-15-23(33-16-34)18-7-4-8-19(32)13-18)27-24(37-29)11-12-36-28(38-27)17-5-2-1-3-6-17/h1-10,13-16,24-29,35H,11-12H2/t24-,25-,26-,27+,28?,29-/m1/s1. The van der Waals surface area contributed by atoms with Gasteiger partial charge in [0.1, 0.15) is 23.5 Å². The van der Waals surface area contributed by atoms with Crippen molar-refractivity contribution in [2.24, 2.45) is 0 Å². The molecule has 39 heavy (non-hydrogen) atoms. The number of hydrogen-bond acceptors (Lipinski definition) is 6. The van der Waals surface area contributed by atoms with E-state index in [-0.39, 0.29) is 11.9 Å². The van der Waals surface area contributed by atoms with Crippen molar-refractivity contribution < 1.29 is 23.7 Å². The van der Waals surface area contributed by atoms with Gasteiger partial charge in [-0.3, -0.25) is 0 Å². The van der Waals surface area contributed by atoms with Crippen molar-refractivity contribution in [3.8, 4) is 11.3 Å². The van der Waals surface area contributed by atoms with Gasteiger partial charge < -0.3 is 23.9 Å². The molecule has 0 spiro atoms. The maximum atomic E-state index is 13.9. The Morgan fingerprint density at radius 3 is 2.62 bits per heavy atom. The number of aromatic nitrogens is 2. The number of nitrogens with zero attached hydrogens (tertiary/aromatic N) is 2. The number of fused-ring (bicyclic) bond motifs is 1. The molecule has 2 fully saturated rings. The minimum absolute atomic E-state index is 0.346. The molecule has 1 aromatic heterocycles. The van der Waals surface area contributed by atoms with Crippen molar-refractivity contribution in [1.82, 2.24) is 9.55 Å². The molecule has 3 heterocycles. The Morgan fingerprint density at radius 2 is 1.82 bits per heavy atom. The number of ether oxygens (including phenoxy) is 3. The lowest BCUT2D eigenvalue weighted by atomic mass is 9.94. The maximum Gasteiger partial charge on any atom is 0.184 e. The van der Waals surface area contributed by atoms with Gasteiger partial charge in [0.2, 0.25) is 0 Å². The lowest BCUT2D eigenvalue weighted by molar-refractivity contribution is -0.225. The summed E-state index contributed by atoms with van der Waals surface area (Å²) in [6, 6.07) is 20.7. The molecule has 0 saturated carbocycles. The van der Waals surface area contributed by atoms with E-state index in [1.54, 1.807) is 36.8 Å². The first-order valence-electron chi connectivity index (χ1n) is 12.5. The van der Waals surface area contributed by atoms with Crippen LogP contribution in [0.2, 0.25) is 10.0 Å². The normalized spacial score (nSPS) is 27.1. The molecule has 6 rings (SSSR count). The van der Waals surface area contributed by atoms with Gasteiger partial charge in [-0.25, -0.2) is 9.37 Å². The van der Waals surface area contributed by atoms with Gasteiger partial charge in [0.25, 0.3) is 0 Å². The SMILES string of the molecule is O[C@@H]1[C@@H](n2cnc(-c3cccc(F)c3)c2)[C@H]2OC(c3ccccc3)OCC[C@H]2O[C@@H]1Sc1ccc(Cl)c(Cl)c1. The average Bonchev–Trinajstić information content (AvgIpc) is 3.33. The molecule has 0 amide bonds. The van der Waals surface area contributed by atoms with E-state index < -0.39 is 30.0 Å². The van der Waals surface area contributed by atoms with E-state index in [1.165, 1.54) is 23.9 Å². The molecule has 2 saturated heterocycles. The van der Waals surface area contributed by atoms with Crippen molar-refractivity contribution in [2.75, 3.05) is 6.61 Å². The van der Waals surface area contributed by atoms with Crippen LogP contribution in [-0.2, 0) is 14.2 Å². The average molecular weight is 588 g/mol. The molecule has 1 N–H and O–H groups in total. The highest BCUT2D eigenvalue weighted by atomic mass is 35.5. The zero-order valence-electron chi connectivity index (χ0n) is 20.6. The molecular formula is C29H25Cl2FN2O4S. The molecule has 6 nitrogen and oxygen atoms in total. The summed E-state index contributed by atoms with van der Waals surface area (Å²) >= 11 is 13.7. The Labute approximate surface area is 239 Å². The summed E-state index contributed by atoms with van der Waals surface area (Å²) in [5.74, 6) is -0.346. The summed E-state index contributed by atoms with van der Waals surface area (Å²) in [6.45, 7) is 0.423. The van der Waals surface area contributed by atoms with E-state index in [9.17, 15) is 9.50 Å². The molecule has 6 atom stereocenters. The Hall–Kier alpha value is -2.43. The minimum atomic E-state index is -0.991. The van der Waals surface area contributed by atoms with Crippen LogP contribution in [0, 0.1) is 5.82 Å². The lowest BCUT2D eigenvalue weighted by Gasteiger charge is -2.44.